The van der Waals surface area contributed by atoms with Crippen LogP contribution in [-0.2, 0) is 12.7 Å². The molecule has 0 radical (unpaired) electrons. The van der Waals surface area contributed by atoms with E-state index in [0.717, 1.165) is 17.0 Å². The van der Waals surface area contributed by atoms with E-state index in [-0.39, 0.29) is 11.6 Å². The summed E-state index contributed by atoms with van der Waals surface area (Å²) < 4.78 is 40.2. The van der Waals surface area contributed by atoms with Crippen molar-refractivity contribution in [3.63, 3.8) is 0 Å². The lowest BCUT2D eigenvalue weighted by molar-refractivity contribution is -0.137. The van der Waals surface area contributed by atoms with Gasteiger partial charge in [-0.15, -0.1) is 22.7 Å². The zero-order valence-corrected chi connectivity index (χ0v) is 15.3. The highest BCUT2D eigenvalue weighted by atomic mass is 32.1. The number of carbonyl (C=O) groups is 1. The third kappa shape index (κ3) is 3.47. The molecule has 4 nitrogen and oxygen atoms in total. The van der Waals surface area contributed by atoms with Gasteiger partial charge in [-0.2, -0.15) is 13.2 Å². The number of carbonyl (C=O) groups excluding carboxylic acids is 1. The Kier molecular flexibility index (Phi) is 4.48. The summed E-state index contributed by atoms with van der Waals surface area (Å²) in [5, 5.41) is 6.55. The molecule has 138 valence electrons. The maximum atomic E-state index is 12.8. The van der Waals surface area contributed by atoms with Crippen molar-refractivity contribution in [1.29, 1.82) is 0 Å². The SMILES string of the molecule is O=C(NCc1cccs1)c1nc2sccn2c1-c1ccc(C(F)(F)F)cc1. The predicted molar refractivity (Wildman–Crippen MR) is 99.0 cm³/mol. The highest BCUT2D eigenvalue weighted by Crippen LogP contribution is 2.33. The molecule has 27 heavy (non-hydrogen) atoms. The summed E-state index contributed by atoms with van der Waals surface area (Å²) in [7, 11) is 0. The van der Waals surface area contributed by atoms with Gasteiger partial charge in [-0.05, 0) is 23.6 Å². The van der Waals surface area contributed by atoms with Crippen molar-refractivity contribution in [2.45, 2.75) is 12.7 Å². The molecule has 0 unspecified atom stereocenters. The van der Waals surface area contributed by atoms with Crippen LogP contribution in [0.1, 0.15) is 20.9 Å². The number of rotatable bonds is 4. The molecule has 0 saturated carbocycles. The van der Waals surface area contributed by atoms with Crippen LogP contribution in [-0.4, -0.2) is 15.3 Å². The number of alkyl halides is 3. The molecule has 0 aliphatic rings. The van der Waals surface area contributed by atoms with Gasteiger partial charge in [0.05, 0.1) is 17.8 Å². The minimum Gasteiger partial charge on any atom is -0.346 e. The molecule has 1 N–H and O–H groups in total. The number of hydrogen-bond acceptors (Lipinski definition) is 4. The van der Waals surface area contributed by atoms with Crippen LogP contribution < -0.4 is 5.32 Å². The van der Waals surface area contributed by atoms with E-state index in [2.05, 4.69) is 10.3 Å². The highest BCUT2D eigenvalue weighted by molar-refractivity contribution is 7.15. The Morgan fingerprint density at radius 1 is 1.11 bits per heavy atom. The second-order valence-electron chi connectivity index (χ2n) is 5.70. The van der Waals surface area contributed by atoms with Gasteiger partial charge in [0.1, 0.15) is 0 Å². The summed E-state index contributed by atoms with van der Waals surface area (Å²) in [6.07, 6.45) is -2.66. The fourth-order valence-corrected chi connectivity index (χ4v) is 4.06. The number of nitrogens with one attached hydrogen (secondary N) is 1. The smallest absolute Gasteiger partial charge is 0.346 e. The topological polar surface area (TPSA) is 46.4 Å². The van der Waals surface area contributed by atoms with Gasteiger partial charge in [0.2, 0.25) is 0 Å². The predicted octanol–water partition coefficient (Wildman–Crippen LogP) is 5.07. The van der Waals surface area contributed by atoms with Crippen LogP contribution in [0.5, 0.6) is 0 Å². The number of amides is 1. The first-order valence-electron chi connectivity index (χ1n) is 7.87. The minimum atomic E-state index is -4.41. The molecule has 1 amide bonds. The van der Waals surface area contributed by atoms with Crippen LogP contribution in [0.4, 0.5) is 13.2 Å². The maximum absolute atomic E-state index is 12.8. The molecule has 4 aromatic rings. The summed E-state index contributed by atoms with van der Waals surface area (Å²) in [5.41, 5.74) is 0.429. The second kappa shape index (κ2) is 6.82. The van der Waals surface area contributed by atoms with E-state index in [1.54, 1.807) is 10.6 Å². The number of hydrogen-bond donors (Lipinski definition) is 1. The number of thiazole rings is 1. The molecule has 3 heterocycles. The summed E-state index contributed by atoms with van der Waals surface area (Å²) in [5.74, 6) is -0.366. The zero-order valence-electron chi connectivity index (χ0n) is 13.7. The first kappa shape index (κ1) is 17.7. The Morgan fingerprint density at radius 3 is 2.56 bits per heavy atom. The van der Waals surface area contributed by atoms with Gasteiger partial charge in [-0.1, -0.05) is 18.2 Å². The van der Waals surface area contributed by atoms with Crippen molar-refractivity contribution in [2.24, 2.45) is 0 Å². The molecule has 0 bridgehead atoms. The number of aromatic nitrogens is 2. The molecular formula is C18H12F3N3OS2. The van der Waals surface area contributed by atoms with E-state index in [1.165, 1.54) is 34.8 Å². The van der Waals surface area contributed by atoms with Gasteiger partial charge in [-0.25, -0.2) is 4.98 Å². The largest absolute Gasteiger partial charge is 0.416 e. The number of halogens is 3. The molecule has 1 aromatic carbocycles. The van der Waals surface area contributed by atoms with Crippen molar-refractivity contribution in [3.05, 3.63) is 69.5 Å². The van der Waals surface area contributed by atoms with Crippen molar-refractivity contribution in [1.82, 2.24) is 14.7 Å². The fourth-order valence-electron chi connectivity index (χ4n) is 2.70. The normalized spacial score (nSPS) is 11.8. The number of thiophene rings is 1. The number of nitrogens with zero attached hydrogens (tertiary/aromatic N) is 2. The van der Waals surface area contributed by atoms with E-state index in [4.69, 9.17) is 0 Å². The summed E-state index contributed by atoms with van der Waals surface area (Å²) >= 11 is 2.88. The van der Waals surface area contributed by atoms with E-state index in [9.17, 15) is 18.0 Å². The van der Waals surface area contributed by atoms with Crippen LogP contribution in [0.25, 0.3) is 16.2 Å². The van der Waals surface area contributed by atoms with Gasteiger partial charge in [-0.3, -0.25) is 9.20 Å². The standard InChI is InChI=1S/C18H12F3N3OS2/c19-18(20,21)12-5-3-11(4-6-12)15-14(23-17-24(15)7-9-27-17)16(25)22-10-13-2-1-8-26-13/h1-9H,10H2,(H,22,25). The van der Waals surface area contributed by atoms with E-state index in [0.29, 0.717) is 22.8 Å². The molecule has 3 aromatic heterocycles. The van der Waals surface area contributed by atoms with Crippen molar-refractivity contribution in [3.8, 4) is 11.3 Å². The first-order valence-corrected chi connectivity index (χ1v) is 9.63. The highest BCUT2D eigenvalue weighted by Gasteiger charge is 2.30. The van der Waals surface area contributed by atoms with Gasteiger partial charge < -0.3 is 5.32 Å². The first-order chi connectivity index (χ1) is 12.9. The Hall–Kier alpha value is -2.65. The average Bonchev–Trinajstić information content (AvgIpc) is 3.35. The molecule has 9 heteroatoms. The van der Waals surface area contributed by atoms with Gasteiger partial charge >= 0.3 is 6.18 Å². The third-order valence-electron chi connectivity index (χ3n) is 3.97. The number of imidazole rings is 1. The second-order valence-corrected chi connectivity index (χ2v) is 7.61. The quantitative estimate of drug-likeness (QED) is 0.513. The third-order valence-corrected chi connectivity index (χ3v) is 5.60. The van der Waals surface area contributed by atoms with E-state index >= 15 is 0 Å². The molecule has 0 spiro atoms. The van der Waals surface area contributed by atoms with Gasteiger partial charge in [0, 0.05) is 22.0 Å². The Morgan fingerprint density at radius 2 is 1.89 bits per heavy atom. The van der Waals surface area contributed by atoms with Gasteiger partial charge in [0.25, 0.3) is 5.91 Å². The molecule has 0 atom stereocenters. The lowest BCUT2D eigenvalue weighted by atomic mass is 10.1. The molecular weight excluding hydrogens is 395 g/mol. The molecule has 0 aliphatic heterocycles. The Labute approximate surface area is 159 Å². The monoisotopic (exact) mass is 407 g/mol. The van der Waals surface area contributed by atoms with Crippen LogP contribution >= 0.6 is 22.7 Å². The Bertz CT molecular complexity index is 1080. The number of benzene rings is 1. The molecule has 4 rings (SSSR count). The van der Waals surface area contributed by atoms with Crippen molar-refractivity contribution >= 4 is 33.5 Å². The fraction of sp³-hybridized carbons (Fsp3) is 0.111. The van der Waals surface area contributed by atoms with Crippen molar-refractivity contribution < 1.29 is 18.0 Å². The average molecular weight is 407 g/mol. The summed E-state index contributed by atoms with van der Waals surface area (Å²) in [6, 6.07) is 8.54. The molecule has 0 saturated heterocycles. The number of fused-ring (bicyclic) bond motifs is 1. The van der Waals surface area contributed by atoms with E-state index < -0.39 is 11.7 Å². The summed E-state index contributed by atoms with van der Waals surface area (Å²) in [6.45, 7) is 0.369. The minimum absolute atomic E-state index is 0.193. The zero-order chi connectivity index (χ0) is 19.0. The van der Waals surface area contributed by atoms with Crippen LogP contribution in [0, 0.1) is 0 Å². The Balaban J connectivity index is 1.70. The maximum Gasteiger partial charge on any atom is 0.416 e. The lowest BCUT2D eigenvalue weighted by Gasteiger charge is -2.09. The van der Waals surface area contributed by atoms with Crippen LogP contribution in [0.15, 0.2) is 53.4 Å². The molecule has 0 fully saturated rings. The lowest BCUT2D eigenvalue weighted by Crippen LogP contribution is -2.23. The van der Waals surface area contributed by atoms with Crippen molar-refractivity contribution in [2.75, 3.05) is 0 Å². The molecule has 0 aliphatic carbocycles. The van der Waals surface area contributed by atoms with Gasteiger partial charge in [0.15, 0.2) is 10.7 Å². The van der Waals surface area contributed by atoms with Crippen LogP contribution in [0.2, 0.25) is 0 Å². The summed E-state index contributed by atoms with van der Waals surface area (Å²) in [4.78, 5) is 18.6. The van der Waals surface area contributed by atoms with Crippen LogP contribution in [0.3, 0.4) is 0 Å². The van der Waals surface area contributed by atoms with E-state index in [1.807, 2.05) is 22.9 Å².